The molecule has 8 nitrogen and oxygen atoms in total. The maximum absolute atomic E-state index is 11.8. The molecule has 1 aromatic carbocycles. The summed E-state index contributed by atoms with van der Waals surface area (Å²) < 4.78 is 24.4. The van der Waals surface area contributed by atoms with Crippen molar-refractivity contribution in [3.63, 3.8) is 0 Å². The summed E-state index contributed by atoms with van der Waals surface area (Å²) in [6.07, 6.45) is 3.84. The van der Waals surface area contributed by atoms with Crippen molar-refractivity contribution in [1.29, 1.82) is 0 Å². The van der Waals surface area contributed by atoms with Crippen LogP contribution in [0.1, 0.15) is 24.8 Å². The maximum Gasteiger partial charge on any atom is 0.306 e. The van der Waals surface area contributed by atoms with Gasteiger partial charge in [-0.25, -0.2) is 9.67 Å². The van der Waals surface area contributed by atoms with Gasteiger partial charge in [0.05, 0.1) is 25.3 Å². The molecule has 1 aliphatic heterocycles. The zero-order chi connectivity index (χ0) is 23.9. The van der Waals surface area contributed by atoms with Crippen molar-refractivity contribution in [3.8, 4) is 28.6 Å². The van der Waals surface area contributed by atoms with Gasteiger partial charge in [-0.05, 0) is 31.2 Å². The molecule has 3 aromatic rings. The standard InChI is InChI=1S/C25H31N3O5Si/c1-4-31-25(29)13-19-16-32-23-14-20(6-7-21(19)23)33-24-8-5-18(15-26-24)22-9-10-27-28(22)17-30-11-12-34(2)3/h5-10,14-15,19,34H,4,11-13,16-17H2,1-3H3. The average Bonchev–Trinajstić information content (AvgIpc) is 3.44. The quantitative estimate of drug-likeness (QED) is 0.224. The first-order valence-corrected chi connectivity index (χ1v) is 14.8. The molecule has 0 spiro atoms. The third-order valence-corrected chi connectivity index (χ3v) is 7.00. The highest BCUT2D eigenvalue weighted by Gasteiger charge is 2.27. The Labute approximate surface area is 201 Å². The number of esters is 1. The van der Waals surface area contributed by atoms with Gasteiger partial charge in [-0.1, -0.05) is 19.2 Å². The minimum absolute atomic E-state index is 0.00166. The molecule has 0 saturated carbocycles. The van der Waals surface area contributed by atoms with Crippen LogP contribution in [-0.2, 0) is 21.0 Å². The Morgan fingerprint density at radius 1 is 1.24 bits per heavy atom. The summed E-state index contributed by atoms with van der Waals surface area (Å²) in [6, 6.07) is 12.5. The lowest BCUT2D eigenvalue weighted by molar-refractivity contribution is -0.143. The Bertz CT molecular complexity index is 1100. The van der Waals surface area contributed by atoms with E-state index in [1.807, 2.05) is 41.1 Å². The van der Waals surface area contributed by atoms with Crippen LogP contribution in [0.25, 0.3) is 11.3 Å². The highest BCUT2D eigenvalue weighted by Crippen LogP contribution is 2.39. The van der Waals surface area contributed by atoms with Crippen LogP contribution >= 0.6 is 0 Å². The summed E-state index contributed by atoms with van der Waals surface area (Å²) in [5.41, 5.74) is 2.88. The minimum Gasteiger partial charge on any atom is -0.492 e. The van der Waals surface area contributed by atoms with Crippen LogP contribution in [-0.4, -0.2) is 49.4 Å². The smallest absolute Gasteiger partial charge is 0.306 e. The lowest BCUT2D eigenvalue weighted by Gasteiger charge is -2.11. The van der Waals surface area contributed by atoms with Crippen LogP contribution in [0.5, 0.6) is 17.4 Å². The number of aromatic nitrogens is 3. The summed E-state index contributed by atoms with van der Waals surface area (Å²) in [7, 11) is -0.610. The van der Waals surface area contributed by atoms with Gasteiger partial charge in [0.1, 0.15) is 18.2 Å². The zero-order valence-electron chi connectivity index (χ0n) is 19.9. The largest absolute Gasteiger partial charge is 0.492 e. The molecule has 0 N–H and O–H groups in total. The van der Waals surface area contributed by atoms with E-state index < -0.39 is 8.80 Å². The third-order valence-electron chi connectivity index (χ3n) is 5.61. The lowest BCUT2D eigenvalue weighted by atomic mass is 9.98. The van der Waals surface area contributed by atoms with Gasteiger partial charge in [0, 0.05) is 57.0 Å². The van der Waals surface area contributed by atoms with E-state index in [0.717, 1.165) is 35.2 Å². The number of nitrogens with zero attached hydrogens (tertiary/aromatic N) is 3. The molecule has 0 bridgehead atoms. The van der Waals surface area contributed by atoms with E-state index in [2.05, 4.69) is 23.2 Å². The SMILES string of the molecule is CCOC(=O)CC1COc2cc(Oc3ccc(-c4ccnn4COCC[SiH](C)C)cn3)ccc21. The number of ether oxygens (including phenoxy) is 4. The highest BCUT2D eigenvalue weighted by molar-refractivity contribution is 6.55. The van der Waals surface area contributed by atoms with Crippen molar-refractivity contribution < 1.29 is 23.7 Å². The zero-order valence-corrected chi connectivity index (χ0v) is 21.1. The molecular formula is C25H31N3O5Si. The van der Waals surface area contributed by atoms with E-state index in [1.54, 1.807) is 19.3 Å². The Hall–Kier alpha value is -3.17. The molecule has 180 valence electrons. The van der Waals surface area contributed by atoms with Crippen LogP contribution in [0.2, 0.25) is 19.1 Å². The summed E-state index contributed by atoms with van der Waals surface area (Å²) in [6.45, 7) is 8.47. The monoisotopic (exact) mass is 481 g/mol. The van der Waals surface area contributed by atoms with E-state index in [9.17, 15) is 4.79 Å². The van der Waals surface area contributed by atoms with Crippen LogP contribution in [0.4, 0.5) is 0 Å². The maximum atomic E-state index is 11.8. The van der Waals surface area contributed by atoms with Gasteiger partial charge in [0.2, 0.25) is 5.88 Å². The molecule has 0 saturated heterocycles. The van der Waals surface area contributed by atoms with Crippen molar-refractivity contribution in [3.05, 3.63) is 54.4 Å². The Morgan fingerprint density at radius 2 is 2.12 bits per heavy atom. The van der Waals surface area contributed by atoms with E-state index in [1.165, 1.54) is 0 Å². The van der Waals surface area contributed by atoms with Crippen molar-refractivity contribution in [1.82, 2.24) is 14.8 Å². The number of rotatable bonds is 11. The van der Waals surface area contributed by atoms with Crippen molar-refractivity contribution in [2.45, 2.75) is 45.1 Å². The summed E-state index contributed by atoms with van der Waals surface area (Å²) in [4.78, 5) is 16.3. The number of pyridine rings is 1. The fourth-order valence-electron chi connectivity index (χ4n) is 3.77. The molecule has 4 rings (SSSR count). The van der Waals surface area contributed by atoms with E-state index in [4.69, 9.17) is 18.9 Å². The predicted molar refractivity (Wildman–Crippen MR) is 131 cm³/mol. The molecule has 9 heteroatoms. The number of hydrogen-bond acceptors (Lipinski definition) is 7. The fourth-order valence-corrected chi connectivity index (χ4v) is 4.41. The van der Waals surface area contributed by atoms with E-state index in [-0.39, 0.29) is 11.9 Å². The van der Waals surface area contributed by atoms with Gasteiger partial charge < -0.3 is 18.9 Å². The molecule has 34 heavy (non-hydrogen) atoms. The first kappa shape index (κ1) is 24.0. The van der Waals surface area contributed by atoms with Crippen LogP contribution in [0, 0.1) is 0 Å². The minimum atomic E-state index is -0.610. The molecule has 0 radical (unpaired) electrons. The molecule has 0 amide bonds. The number of fused-ring (bicyclic) bond motifs is 1. The lowest BCUT2D eigenvalue weighted by Crippen LogP contribution is -2.11. The number of hydrogen-bond donors (Lipinski definition) is 0. The highest BCUT2D eigenvalue weighted by atomic mass is 28.3. The van der Waals surface area contributed by atoms with Gasteiger partial charge in [-0.3, -0.25) is 4.79 Å². The molecular weight excluding hydrogens is 450 g/mol. The predicted octanol–water partition coefficient (Wildman–Crippen LogP) is 4.63. The fraction of sp³-hybridized carbons (Fsp3) is 0.400. The summed E-state index contributed by atoms with van der Waals surface area (Å²) in [5, 5.41) is 4.37. The van der Waals surface area contributed by atoms with Gasteiger partial charge in [-0.15, -0.1) is 0 Å². The van der Waals surface area contributed by atoms with Gasteiger partial charge in [0.25, 0.3) is 0 Å². The topological polar surface area (TPSA) is 84.7 Å². The first-order chi connectivity index (χ1) is 16.5. The van der Waals surface area contributed by atoms with E-state index in [0.29, 0.717) is 38.0 Å². The Kier molecular flexibility index (Phi) is 7.97. The van der Waals surface area contributed by atoms with Gasteiger partial charge in [0.15, 0.2) is 0 Å². The molecule has 3 heterocycles. The van der Waals surface area contributed by atoms with Crippen LogP contribution in [0.15, 0.2) is 48.8 Å². The number of benzene rings is 1. The van der Waals surface area contributed by atoms with Gasteiger partial charge >= 0.3 is 5.97 Å². The molecule has 1 unspecified atom stereocenters. The molecule has 2 aromatic heterocycles. The summed E-state index contributed by atoms with van der Waals surface area (Å²) in [5.74, 6) is 1.63. The van der Waals surface area contributed by atoms with Crippen molar-refractivity contribution in [2.24, 2.45) is 0 Å². The summed E-state index contributed by atoms with van der Waals surface area (Å²) >= 11 is 0. The van der Waals surface area contributed by atoms with Crippen LogP contribution < -0.4 is 9.47 Å². The normalized spacial score (nSPS) is 14.6. The average molecular weight is 482 g/mol. The van der Waals surface area contributed by atoms with Crippen molar-refractivity contribution in [2.75, 3.05) is 19.8 Å². The Balaban J connectivity index is 1.37. The van der Waals surface area contributed by atoms with Crippen molar-refractivity contribution >= 4 is 14.8 Å². The second kappa shape index (κ2) is 11.3. The molecule has 1 atom stereocenters. The third kappa shape index (κ3) is 6.03. The molecule has 0 fully saturated rings. The second-order valence-electron chi connectivity index (χ2n) is 8.64. The number of carbonyl (C=O) groups is 1. The first-order valence-electron chi connectivity index (χ1n) is 11.7. The van der Waals surface area contributed by atoms with Crippen LogP contribution in [0.3, 0.4) is 0 Å². The second-order valence-corrected chi connectivity index (χ2v) is 12.0. The molecule has 0 aliphatic carbocycles. The number of carbonyl (C=O) groups excluding carboxylic acids is 1. The van der Waals surface area contributed by atoms with E-state index >= 15 is 0 Å². The molecule has 1 aliphatic rings. The Morgan fingerprint density at radius 3 is 2.88 bits per heavy atom. The van der Waals surface area contributed by atoms with Gasteiger partial charge in [-0.2, -0.15) is 5.10 Å².